The average Bonchev–Trinajstić information content (AvgIpc) is 2.83. The van der Waals surface area contributed by atoms with E-state index in [-0.39, 0.29) is 27.5 Å². The first kappa shape index (κ1) is 17.9. The second kappa shape index (κ2) is 6.76. The molecule has 3 heteroatoms. The number of carbonyl (C=O) groups is 1. The fourth-order valence-electron chi connectivity index (χ4n) is 4.24. The summed E-state index contributed by atoms with van der Waals surface area (Å²) < 4.78 is 6.32. The number of halogens is 1. The van der Waals surface area contributed by atoms with Crippen molar-refractivity contribution in [3.05, 3.63) is 47.5 Å². The number of ketones is 1. The standard InChI is InChI=1S/C21H27BrO2/c1-20(2)10-7-11-21(20,3)16-12-18(23)17(22)13-19(16)24-14-15-8-5-4-6-9-15/h4-6,8-9,12,17,19H,7,10-11,13-14H2,1-3H3. The number of ether oxygens (including phenoxy) is 1. The normalized spacial score (nSPS) is 32.7. The molecule has 1 aromatic rings. The van der Waals surface area contributed by atoms with Gasteiger partial charge in [-0.05, 0) is 47.3 Å². The zero-order chi connectivity index (χ0) is 17.4. The maximum Gasteiger partial charge on any atom is 0.169 e. The van der Waals surface area contributed by atoms with Gasteiger partial charge in [0, 0.05) is 0 Å². The van der Waals surface area contributed by atoms with Gasteiger partial charge in [-0.25, -0.2) is 0 Å². The molecule has 0 N–H and O–H groups in total. The predicted molar refractivity (Wildman–Crippen MR) is 101 cm³/mol. The maximum absolute atomic E-state index is 12.4. The summed E-state index contributed by atoms with van der Waals surface area (Å²) in [6, 6.07) is 10.3. The van der Waals surface area contributed by atoms with Crippen molar-refractivity contribution >= 4 is 21.7 Å². The van der Waals surface area contributed by atoms with Crippen molar-refractivity contribution < 1.29 is 9.53 Å². The van der Waals surface area contributed by atoms with E-state index in [0.29, 0.717) is 6.61 Å². The number of hydrogen-bond acceptors (Lipinski definition) is 2. The molecule has 0 radical (unpaired) electrons. The monoisotopic (exact) mass is 390 g/mol. The first-order valence-corrected chi connectivity index (χ1v) is 9.80. The molecule has 24 heavy (non-hydrogen) atoms. The zero-order valence-electron chi connectivity index (χ0n) is 14.8. The number of benzene rings is 1. The van der Waals surface area contributed by atoms with Crippen LogP contribution in [-0.4, -0.2) is 16.7 Å². The Morgan fingerprint density at radius 1 is 1.17 bits per heavy atom. The molecular formula is C21H27BrO2. The number of allylic oxidation sites excluding steroid dienone is 1. The van der Waals surface area contributed by atoms with E-state index in [0.717, 1.165) is 12.8 Å². The van der Waals surface area contributed by atoms with Crippen LogP contribution in [0.15, 0.2) is 42.0 Å². The second-order valence-electron chi connectivity index (χ2n) is 8.06. The quantitative estimate of drug-likeness (QED) is 0.638. The summed E-state index contributed by atoms with van der Waals surface area (Å²) in [5.74, 6) is 0.188. The van der Waals surface area contributed by atoms with Crippen molar-refractivity contribution in [2.45, 2.75) is 64.0 Å². The van der Waals surface area contributed by atoms with Gasteiger partial charge in [0.1, 0.15) is 0 Å². The van der Waals surface area contributed by atoms with Gasteiger partial charge in [-0.3, -0.25) is 4.79 Å². The largest absolute Gasteiger partial charge is 0.369 e. The molecule has 0 amide bonds. The third-order valence-electron chi connectivity index (χ3n) is 6.28. The molecule has 2 aliphatic rings. The van der Waals surface area contributed by atoms with Crippen molar-refractivity contribution in [1.82, 2.24) is 0 Å². The molecule has 2 nitrogen and oxygen atoms in total. The van der Waals surface area contributed by atoms with Gasteiger partial charge in [-0.1, -0.05) is 73.5 Å². The molecular weight excluding hydrogens is 364 g/mol. The van der Waals surface area contributed by atoms with Crippen LogP contribution in [-0.2, 0) is 16.1 Å². The van der Waals surface area contributed by atoms with Crippen LogP contribution in [0.1, 0.15) is 52.0 Å². The number of alkyl halides is 1. The minimum absolute atomic E-state index is 0.00894. The third-order valence-corrected chi connectivity index (χ3v) is 7.10. The van der Waals surface area contributed by atoms with Gasteiger partial charge in [0.25, 0.3) is 0 Å². The molecule has 130 valence electrons. The summed E-state index contributed by atoms with van der Waals surface area (Å²) in [5.41, 5.74) is 2.63. The Labute approximate surface area is 153 Å². The topological polar surface area (TPSA) is 26.3 Å². The summed E-state index contributed by atoms with van der Waals surface area (Å²) >= 11 is 3.53. The second-order valence-corrected chi connectivity index (χ2v) is 9.17. The Balaban J connectivity index is 1.86. The van der Waals surface area contributed by atoms with Gasteiger partial charge in [-0.15, -0.1) is 0 Å². The third kappa shape index (κ3) is 3.25. The van der Waals surface area contributed by atoms with E-state index < -0.39 is 0 Å². The lowest BCUT2D eigenvalue weighted by Gasteiger charge is -2.45. The Kier molecular flexibility index (Phi) is 5.04. The van der Waals surface area contributed by atoms with Crippen LogP contribution in [0.25, 0.3) is 0 Å². The van der Waals surface area contributed by atoms with Crippen LogP contribution < -0.4 is 0 Å². The molecule has 3 atom stereocenters. The van der Waals surface area contributed by atoms with Gasteiger partial charge in [0.2, 0.25) is 0 Å². The van der Waals surface area contributed by atoms with E-state index in [4.69, 9.17) is 4.74 Å². The first-order chi connectivity index (χ1) is 11.3. The first-order valence-electron chi connectivity index (χ1n) is 8.89. The Hall–Kier alpha value is -0.930. The van der Waals surface area contributed by atoms with Crippen molar-refractivity contribution in [2.75, 3.05) is 0 Å². The molecule has 0 saturated heterocycles. The Morgan fingerprint density at radius 2 is 1.88 bits per heavy atom. The SMILES string of the molecule is CC1(C)CCCC1(C)C1=CC(=O)C(Br)CC1OCc1ccccc1. The minimum atomic E-state index is -0.130. The van der Waals surface area contributed by atoms with Crippen molar-refractivity contribution in [3.8, 4) is 0 Å². The van der Waals surface area contributed by atoms with Crippen LogP contribution in [0, 0.1) is 10.8 Å². The highest BCUT2D eigenvalue weighted by molar-refractivity contribution is 9.10. The van der Waals surface area contributed by atoms with E-state index in [1.165, 1.54) is 24.0 Å². The van der Waals surface area contributed by atoms with Gasteiger partial charge >= 0.3 is 0 Å². The number of hydrogen-bond donors (Lipinski definition) is 0. The fourth-order valence-corrected chi connectivity index (χ4v) is 4.72. The maximum atomic E-state index is 12.4. The van der Waals surface area contributed by atoms with Crippen molar-refractivity contribution in [1.29, 1.82) is 0 Å². The molecule has 0 bridgehead atoms. The Bertz CT molecular complexity index is 634. The predicted octanol–water partition coefficient (Wildman–Crippen LogP) is 5.45. The summed E-state index contributed by atoms with van der Waals surface area (Å²) in [4.78, 5) is 12.2. The lowest BCUT2D eigenvalue weighted by Crippen LogP contribution is -2.41. The van der Waals surface area contributed by atoms with Crippen LogP contribution >= 0.6 is 15.9 Å². The molecule has 0 spiro atoms. The highest BCUT2D eigenvalue weighted by atomic mass is 79.9. The Morgan fingerprint density at radius 3 is 2.50 bits per heavy atom. The van der Waals surface area contributed by atoms with E-state index in [1.807, 2.05) is 24.3 Å². The summed E-state index contributed by atoms with van der Waals surface area (Å²) in [6.07, 6.45) is 6.18. The molecule has 1 saturated carbocycles. The van der Waals surface area contributed by atoms with E-state index in [9.17, 15) is 4.79 Å². The molecule has 0 aliphatic heterocycles. The smallest absolute Gasteiger partial charge is 0.169 e. The fraction of sp³-hybridized carbons (Fsp3) is 0.571. The minimum Gasteiger partial charge on any atom is -0.369 e. The van der Waals surface area contributed by atoms with Gasteiger partial charge in [0.15, 0.2) is 5.78 Å². The van der Waals surface area contributed by atoms with Crippen LogP contribution in [0.4, 0.5) is 0 Å². The average molecular weight is 391 g/mol. The molecule has 2 aliphatic carbocycles. The summed E-state index contributed by atoms with van der Waals surface area (Å²) in [6.45, 7) is 7.58. The highest BCUT2D eigenvalue weighted by Gasteiger charge is 2.50. The molecule has 1 fully saturated rings. The summed E-state index contributed by atoms with van der Waals surface area (Å²) in [5, 5.41) is 0. The molecule has 3 rings (SSSR count). The van der Waals surface area contributed by atoms with Crippen LogP contribution in [0.2, 0.25) is 0 Å². The van der Waals surface area contributed by atoms with E-state index in [1.54, 1.807) is 0 Å². The highest BCUT2D eigenvalue weighted by Crippen LogP contribution is 2.58. The lowest BCUT2D eigenvalue weighted by molar-refractivity contribution is -0.115. The number of carbonyl (C=O) groups excluding carboxylic acids is 1. The van der Waals surface area contributed by atoms with Crippen molar-refractivity contribution in [2.24, 2.45) is 10.8 Å². The van der Waals surface area contributed by atoms with Crippen LogP contribution in [0.3, 0.4) is 0 Å². The van der Waals surface area contributed by atoms with Gasteiger partial charge < -0.3 is 4.74 Å². The molecule has 0 aromatic heterocycles. The molecule has 1 aromatic carbocycles. The lowest BCUT2D eigenvalue weighted by atomic mass is 9.62. The van der Waals surface area contributed by atoms with Gasteiger partial charge in [0.05, 0.1) is 17.5 Å². The summed E-state index contributed by atoms with van der Waals surface area (Å²) in [7, 11) is 0. The van der Waals surface area contributed by atoms with E-state index >= 15 is 0 Å². The number of rotatable bonds is 4. The molecule has 3 unspecified atom stereocenters. The van der Waals surface area contributed by atoms with Gasteiger partial charge in [-0.2, -0.15) is 0 Å². The van der Waals surface area contributed by atoms with E-state index in [2.05, 4.69) is 48.8 Å². The van der Waals surface area contributed by atoms with Crippen molar-refractivity contribution in [3.63, 3.8) is 0 Å². The molecule has 0 heterocycles. The van der Waals surface area contributed by atoms with Crippen LogP contribution in [0.5, 0.6) is 0 Å². The zero-order valence-corrected chi connectivity index (χ0v) is 16.4.